The van der Waals surface area contributed by atoms with E-state index in [1.165, 1.54) is 28.0 Å². The van der Waals surface area contributed by atoms with Crippen molar-refractivity contribution in [3.8, 4) is 11.5 Å². The number of hydrogen-bond donors (Lipinski definition) is 0. The van der Waals surface area contributed by atoms with Gasteiger partial charge in [0.15, 0.2) is 22.9 Å². The Bertz CT molecular complexity index is 1720. The Hall–Kier alpha value is -4.29. The highest BCUT2D eigenvalue weighted by atomic mass is 32.1. The number of aromatic nitrogens is 1. The number of allylic oxidation sites excluding steroid dienone is 1. The number of thiazole rings is 1. The van der Waals surface area contributed by atoms with Crippen molar-refractivity contribution in [3.05, 3.63) is 90.4 Å². The van der Waals surface area contributed by atoms with Crippen LogP contribution in [0.3, 0.4) is 0 Å². The molecule has 2 aromatic carbocycles. The number of ether oxygens (including phenoxy) is 4. The summed E-state index contributed by atoms with van der Waals surface area (Å²) in [6.45, 7) is 7.68. The van der Waals surface area contributed by atoms with E-state index in [0.717, 1.165) is 0 Å². The van der Waals surface area contributed by atoms with Gasteiger partial charge in [0.25, 0.3) is 11.5 Å². The molecule has 10 nitrogen and oxygen atoms in total. The van der Waals surface area contributed by atoms with E-state index in [2.05, 4.69) is 4.99 Å². The Balaban J connectivity index is 1.50. The second kappa shape index (κ2) is 13.3. The summed E-state index contributed by atoms with van der Waals surface area (Å²) >= 11 is 1.18. The molecule has 0 N–H and O–H groups in total. The Labute approximate surface area is 251 Å². The first-order valence-electron chi connectivity index (χ1n) is 14.0. The summed E-state index contributed by atoms with van der Waals surface area (Å²) in [5.74, 6) is -0.311. The number of nitrogens with zero attached hydrogens (tertiary/aromatic N) is 3. The molecule has 3 heterocycles. The molecule has 12 heteroatoms. The summed E-state index contributed by atoms with van der Waals surface area (Å²) in [6, 6.07) is 10.0. The summed E-state index contributed by atoms with van der Waals surface area (Å²) < 4.78 is 37.8. The number of carbonyl (C=O) groups is 2. The zero-order chi connectivity index (χ0) is 30.5. The van der Waals surface area contributed by atoms with E-state index in [9.17, 15) is 18.8 Å². The molecule has 226 valence electrons. The molecule has 0 bridgehead atoms. The topological polar surface area (TPSA) is 109 Å². The number of benzene rings is 2. The first-order valence-corrected chi connectivity index (χ1v) is 14.8. The molecule has 3 aromatic rings. The molecule has 0 unspecified atom stereocenters. The summed E-state index contributed by atoms with van der Waals surface area (Å²) in [7, 11) is 0. The minimum absolute atomic E-state index is 0.135. The number of esters is 1. The first kappa shape index (κ1) is 30.2. The van der Waals surface area contributed by atoms with Crippen molar-refractivity contribution in [3.63, 3.8) is 0 Å². The van der Waals surface area contributed by atoms with Crippen LogP contribution in [0.15, 0.2) is 63.5 Å². The van der Waals surface area contributed by atoms with Gasteiger partial charge in [0, 0.05) is 13.1 Å². The lowest BCUT2D eigenvalue weighted by Gasteiger charge is -2.26. The monoisotopic (exact) mass is 609 g/mol. The third-order valence-corrected chi connectivity index (χ3v) is 7.97. The molecule has 43 heavy (non-hydrogen) atoms. The SMILES string of the molecule is CCOC(=O)C1=C(C)N=c2s/c(=C/c3ccc(OCC(=O)N4CCOCC4)c(OCC)c3)c(=O)n2[C@@H]1c1ccc(F)cc1. The van der Waals surface area contributed by atoms with Gasteiger partial charge in [0.05, 0.1) is 48.3 Å². The highest BCUT2D eigenvalue weighted by Gasteiger charge is 2.33. The van der Waals surface area contributed by atoms with Crippen molar-refractivity contribution in [2.24, 2.45) is 4.99 Å². The van der Waals surface area contributed by atoms with Gasteiger partial charge >= 0.3 is 5.97 Å². The quantitative estimate of drug-likeness (QED) is 0.343. The van der Waals surface area contributed by atoms with Crippen LogP contribution in [-0.2, 0) is 19.1 Å². The molecule has 1 aromatic heterocycles. The zero-order valence-electron chi connectivity index (χ0n) is 24.1. The van der Waals surface area contributed by atoms with Gasteiger partial charge in [-0.05, 0) is 62.2 Å². The Morgan fingerprint density at radius 1 is 1.07 bits per heavy atom. The molecular formula is C31H32FN3O7S. The minimum atomic E-state index is -0.836. The summed E-state index contributed by atoms with van der Waals surface area (Å²) in [5.41, 5.74) is 1.51. The van der Waals surface area contributed by atoms with Crippen LogP contribution in [-0.4, -0.2) is 67.5 Å². The van der Waals surface area contributed by atoms with E-state index in [1.54, 1.807) is 55.2 Å². The van der Waals surface area contributed by atoms with E-state index in [1.807, 2.05) is 6.92 Å². The maximum Gasteiger partial charge on any atom is 0.338 e. The number of halogens is 1. The second-order valence-electron chi connectivity index (χ2n) is 9.77. The summed E-state index contributed by atoms with van der Waals surface area (Å²) in [5, 5.41) is 0. The van der Waals surface area contributed by atoms with Crippen LogP contribution in [0, 0.1) is 5.82 Å². The maximum absolute atomic E-state index is 13.8. The first-order chi connectivity index (χ1) is 20.8. The number of amides is 1. The Morgan fingerprint density at radius 2 is 1.81 bits per heavy atom. The fourth-order valence-electron chi connectivity index (χ4n) is 4.95. The third kappa shape index (κ3) is 6.55. The predicted molar refractivity (Wildman–Crippen MR) is 157 cm³/mol. The molecule has 0 spiro atoms. The van der Waals surface area contributed by atoms with E-state index in [0.29, 0.717) is 70.6 Å². The number of morpholine rings is 1. The maximum atomic E-state index is 13.8. The smallest absolute Gasteiger partial charge is 0.338 e. The van der Waals surface area contributed by atoms with Crippen molar-refractivity contribution in [1.29, 1.82) is 0 Å². The van der Waals surface area contributed by atoms with Crippen molar-refractivity contribution in [2.75, 3.05) is 46.1 Å². The molecule has 0 saturated carbocycles. The third-order valence-electron chi connectivity index (χ3n) is 6.98. The molecule has 5 rings (SSSR count). The average molecular weight is 610 g/mol. The molecule has 0 aliphatic carbocycles. The van der Waals surface area contributed by atoms with Crippen molar-refractivity contribution in [2.45, 2.75) is 26.8 Å². The van der Waals surface area contributed by atoms with E-state index in [4.69, 9.17) is 18.9 Å². The van der Waals surface area contributed by atoms with E-state index in [-0.39, 0.29) is 30.3 Å². The molecule has 1 atom stereocenters. The molecule has 2 aliphatic rings. The van der Waals surface area contributed by atoms with Gasteiger partial charge in [0.2, 0.25) is 0 Å². The molecule has 1 amide bonds. The van der Waals surface area contributed by atoms with Gasteiger partial charge in [-0.2, -0.15) is 0 Å². The average Bonchev–Trinajstić information content (AvgIpc) is 3.30. The fraction of sp³-hybridized carbons (Fsp3) is 0.355. The zero-order valence-corrected chi connectivity index (χ0v) is 24.9. The van der Waals surface area contributed by atoms with Gasteiger partial charge in [-0.3, -0.25) is 14.2 Å². The largest absolute Gasteiger partial charge is 0.490 e. The lowest BCUT2D eigenvalue weighted by Crippen LogP contribution is -2.43. The number of rotatable bonds is 9. The molecule has 1 saturated heterocycles. The lowest BCUT2D eigenvalue weighted by molar-refractivity contribution is -0.139. The Morgan fingerprint density at radius 3 is 2.51 bits per heavy atom. The van der Waals surface area contributed by atoms with Gasteiger partial charge in [0.1, 0.15) is 5.82 Å². The number of carbonyl (C=O) groups excluding carboxylic acids is 2. The van der Waals surface area contributed by atoms with E-state index >= 15 is 0 Å². The van der Waals surface area contributed by atoms with Crippen LogP contribution in [0.1, 0.15) is 37.9 Å². The molecule has 2 aliphatic heterocycles. The fourth-order valence-corrected chi connectivity index (χ4v) is 6.00. The van der Waals surface area contributed by atoms with Crippen LogP contribution in [0.25, 0.3) is 6.08 Å². The van der Waals surface area contributed by atoms with Crippen LogP contribution in [0.2, 0.25) is 0 Å². The summed E-state index contributed by atoms with van der Waals surface area (Å²) in [4.78, 5) is 46.1. The highest BCUT2D eigenvalue weighted by Crippen LogP contribution is 2.31. The van der Waals surface area contributed by atoms with E-state index < -0.39 is 17.8 Å². The van der Waals surface area contributed by atoms with Crippen molar-refractivity contribution >= 4 is 29.3 Å². The lowest BCUT2D eigenvalue weighted by atomic mass is 9.96. The van der Waals surface area contributed by atoms with Crippen LogP contribution in [0.4, 0.5) is 4.39 Å². The van der Waals surface area contributed by atoms with Crippen molar-refractivity contribution in [1.82, 2.24) is 9.47 Å². The predicted octanol–water partition coefficient (Wildman–Crippen LogP) is 2.57. The Kier molecular flexibility index (Phi) is 9.37. The second-order valence-corrected chi connectivity index (χ2v) is 10.8. The number of fused-ring (bicyclic) bond motifs is 1. The standard InChI is InChI=1S/C31H32FN3O7S/c1-4-40-24-16-20(6-11-23(24)42-18-26(36)34-12-14-39-15-13-34)17-25-29(37)35-28(21-7-9-22(32)10-8-21)27(30(38)41-5-2)19(3)33-31(35)43-25/h6-11,16-17,28H,4-5,12-15,18H2,1-3H3/b25-17+/t28-/m1/s1. The summed E-state index contributed by atoms with van der Waals surface area (Å²) in [6.07, 6.45) is 1.71. The molecule has 1 fully saturated rings. The van der Waals surface area contributed by atoms with Crippen LogP contribution in [0.5, 0.6) is 11.5 Å². The normalized spacial score (nSPS) is 16.9. The molecule has 0 radical (unpaired) electrons. The van der Waals surface area contributed by atoms with Gasteiger partial charge < -0.3 is 23.8 Å². The molecular weight excluding hydrogens is 577 g/mol. The van der Waals surface area contributed by atoms with Gasteiger partial charge in [-0.25, -0.2) is 14.2 Å². The minimum Gasteiger partial charge on any atom is -0.490 e. The van der Waals surface area contributed by atoms with Crippen LogP contribution < -0.4 is 24.4 Å². The highest BCUT2D eigenvalue weighted by molar-refractivity contribution is 7.07. The van der Waals surface area contributed by atoms with Gasteiger partial charge in [-0.15, -0.1) is 0 Å². The van der Waals surface area contributed by atoms with Crippen LogP contribution >= 0.6 is 11.3 Å². The number of hydrogen-bond acceptors (Lipinski definition) is 9. The van der Waals surface area contributed by atoms with Gasteiger partial charge in [-0.1, -0.05) is 29.5 Å². The van der Waals surface area contributed by atoms with Crippen molar-refractivity contribution < 1.29 is 32.9 Å².